The molecule has 0 fully saturated rings. The lowest BCUT2D eigenvalue weighted by molar-refractivity contribution is -0.140. The lowest BCUT2D eigenvalue weighted by Crippen LogP contribution is -2.42. The molecule has 0 saturated carbocycles. The second-order valence-electron chi connectivity index (χ2n) is 6.32. The van der Waals surface area contributed by atoms with Gasteiger partial charge in [0.05, 0.1) is 22.3 Å². The van der Waals surface area contributed by atoms with Gasteiger partial charge in [-0.1, -0.05) is 30.3 Å². The molecule has 1 amide bonds. The maximum absolute atomic E-state index is 12.8. The van der Waals surface area contributed by atoms with Gasteiger partial charge < -0.3 is 10.4 Å². The van der Waals surface area contributed by atoms with Gasteiger partial charge >= 0.3 is 5.97 Å². The van der Waals surface area contributed by atoms with Crippen LogP contribution in [0.2, 0.25) is 0 Å². The molecule has 2 aromatic heterocycles. The van der Waals surface area contributed by atoms with Crippen molar-refractivity contribution in [3.8, 4) is 11.3 Å². The molecule has 3 aromatic rings. The smallest absolute Gasteiger partial charge is 0.326 e. The molecule has 1 aromatic carbocycles. The van der Waals surface area contributed by atoms with Crippen LogP contribution in [0.3, 0.4) is 0 Å². The van der Waals surface area contributed by atoms with Crippen molar-refractivity contribution >= 4 is 22.9 Å². The first-order chi connectivity index (χ1) is 13.3. The van der Waals surface area contributed by atoms with Crippen LogP contribution in [0.5, 0.6) is 0 Å². The number of pyridine rings is 1. The number of nitrogens with one attached hydrogen (secondary N) is 1. The van der Waals surface area contributed by atoms with E-state index in [0.29, 0.717) is 22.4 Å². The summed E-state index contributed by atoms with van der Waals surface area (Å²) in [5.74, 6) is -2.29. The Kier molecular flexibility index (Phi) is 5.34. The quantitative estimate of drug-likeness (QED) is 0.677. The number of aryl methyl sites for hydroxylation is 2. The first kappa shape index (κ1) is 19.4. The summed E-state index contributed by atoms with van der Waals surface area (Å²) in [5, 5.41) is 16.0. The fourth-order valence-corrected chi connectivity index (χ4v) is 3.02. The van der Waals surface area contributed by atoms with Gasteiger partial charge in [0.25, 0.3) is 5.91 Å². The third kappa shape index (κ3) is 3.83. The van der Waals surface area contributed by atoms with Gasteiger partial charge in [-0.3, -0.25) is 9.48 Å². The highest BCUT2D eigenvalue weighted by molar-refractivity contribution is 6.08. The van der Waals surface area contributed by atoms with Crippen molar-refractivity contribution in [2.24, 2.45) is 7.05 Å². The lowest BCUT2D eigenvalue weighted by atomic mass is 10.0. The Balaban J connectivity index is 2.10. The molecule has 1 unspecified atom stereocenters. The molecule has 1 atom stereocenters. The van der Waals surface area contributed by atoms with Crippen LogP contribution in [0.15, 0.2) is 36.4 Å². The number of carbonyl (C=O) groups is 2. The molecule has 146 valence electrons. The van der Waals surface area contributed by atoms with E-state index < -0.39 is 30.8 Å². The van der Waals surface area contributed by atoms with Gasteiger partial charge in [-0.05, 0) is 13.0 Å². The summed E-state index contributed by atoms with van der Waals surface area (Å²) in [6.07, 6.45) is -3.84. The average molecular weight is 388 g/mol. The van der Waals surface area contributed by atoms with Crippen molar-refractivity contribution < 1.29 is 23.5 Å². The van der Waals surface area contributed by atoms with Crippen molar-refractivity contribution in [3.63, 3.8) is 0 Å². The van der Waals surface area contributed by atoms with Crippen LogP contribution < -0.4 is 5.32 Å². The second kappa shape index (κ2) is 7.71. The molecule has 0 radical (unpaired) electrons. The van der Waals surface area contributed by atoms with Crippen LogP contribution in [-0.4, -0.2) is 44.2 Å². The minimum absolute atomic E-state index is 0.134. The van der Waals surface area contributed by atoms with Crippen molar-refractivity contribution in [1.29, 1.82) is 0 Å². The molecule has 0 spiro atoms. The van der Waals surface area contributed by atoms with E-state index in [0.717, 1.165) is 5.56 Å². The summed E-state index contributed by atoms with van der Waals surface area (Å²) in [7, 11) is 1.68. The SMILES string of the molecule is Cc1nn(C)c2nc(-c3ccccc3)cc(C(=O)NC(CC(F)F)C(=O)O)c12. The van der Waals surface area contributed by atoms with Gasteiger partial charge in [-0.15, -0.1) is 0 Å². The third-order valence-electron chi connectivity index (χ3n) is 4.30. The number of nitrogens with zero attached hydrogens (tertiary/aromatic N) is 3. The number of hydrogen-bond acceptors (Lipinski definition) is 4. The van der Waals surface area contributed by atoms with Gasteiger partial charge in [0.1, 0.15) is 6.04 Å². The fraction of sp³-hybridized carbons (Fsp3) is 0.263. The van der Waals surface area contributed by atoms with E-state index in [1.165, 1.54) is 10.7 Å². The molecular formula is C19H18F2N4O3. The molecule has 0 aliphatic heterocycles. The minimum atomic E-state index is -2.86. The monoisotopic (exact) mass is 388 g/mol. The van der Waals surface area contributed by atoms with E-state index in [-0.39, 0.29) is 5.56 Å². The summed E-state index contributed by atoms with van der Waals surface area (Å²) < 4.78 is 26.8. The number of amides is 1. The lowest BCUT2D eigenvalue weighted by Gasteiger charge is -2.15. The summed E-state index contributed by atoms with van der Waals surface area (Å²) in [6, 6.07) is 8.92. The highest BCUT2D eigenvalue weighted by atomic mass is 19.3. The van der Waals surface area contributed by atoms with E-state index in [9.17, 15) is 18.4 Å². The number of carboxylic acid groups (broad SMARTS) is 1. The van der Waals surface area contributed by atoms with Crippen molar-refractivity contribution in [1.82, 2.24) is 20.1 Å². The zero-order valence-electron chi connectivity index (χ0n) is 15.2. The van der Waals surface area contributed by atoms with Gasteiger partial charge in [-0.25, -0.2) is 18.6 Å². The van der Waals surface area contributed by atoms with Crippen LogP contribution in [0.1, 0.15) is 22.5 Å². The molecule has 3 rings (SSSR count). The zero-order chi connectivity index (χ0) is 20.4. The Hall–Kier alpha value is -3.36. The predicted octanol–water partition coefficient (Wildman–Crippen LogP) is 2.78. The van der Waals surface area contributed by atoms with E-state index in [1.54, 1.807) is 14.0 Å². The van der Waals surface area contributed by atoms with E-state index >= 15 is 0 Å². The molecule has 0 bridgehead atoms. The normalized spacial score (nSPS) is 12.3. The Bertz CT molecular complexity index is 1030. The summed E-state index contributed by atoms with van der Waals surface area (Å²) in [6.45, 7) is 1.69. The Labute approximate surface area is 159 Å². The number of carboxylic acids is 1. The Morgan fingerprint density at radius 1 is 1.25 bits per heavy atom. The second-order valence-corrected chi connectivity index (χ2v) is 6.32. The van der Waals surface area contributed by atoms with Gasteiger partial charge in [0.2, 0.25) is 6.43 Å². The molecule has 9 heteroatoms. The predicted molar refractivity (Wildman–Crippen MR) is 98.2 cm³/mol. The molecule has 2 heterocycles. The van der Waals surface area contributed by atoms with Crippen LogP contribution in [-0.2, 0) is 11.8 Å². The van der Waals surface area contributed by atoms with Crippen molar-refractivity contribution in [3.05, 3.63) is 47.7 Å². The average Bonchev–Trinajstić information content (AvgIpc) is 2.94. The number of hydrogen-bond donors (Lipinski definition) is 2. The molecule has 28 heavy (non-hydrogen) atoms. The number of benzene rings is 1. The first-order valence-corrected chi connectivity index (χ1v) is 8.49. The third-order valence-corrected chi connectivity index (χ3v) is 4.30. The van der Waals surface area contributed by atoms with Gasteiger partial charge in [0, 0.05) is 19.0 Å². The van der Waals surface area contributed by atoms with Crippen LogP contribution >= 0.6 is 0 Å². The Morgan fingerprint density at radius 2 is 1.93 bits per heavy atom. The molecule has 7 nitrogen and oxygen atoms in total. The first-order valence-electron chi connectivity index (χ1n) is 8.49. The Morgan fingerprint density at radius 3 is 2.54 bits per heavy atom. The minimum Gasteiger partial charge on any atom is -0.480 e. The summed E-state index contributed by atoms with van der Waals surface area (Å²) in [5.41, 5.74) is 2.33. The number of halogens is 2. The number of aliphatic carboxylic acids is 1. The molecular weight excluding hydrogens is 370 g/mol. The van der Waals surface area contributed by atoms with Gasteiger partial charge in [-0.2, -0.15) is 5.10 Å². The largest absolute Gasteiger partial charge is 0.480 e. The zero-order valence-corrected chi connectivity index (χ0v) is 15.2. The molecule has 0 saturated heterocycles. The van der Waals surface area contributed by atoms with E-state index in [2.05, 4.69) is 15.4 Å². The standard InChI is InChI=1S/C19H18F2N4O3/c1-10-16-12(18(26)23-14(19(27)28)9-15(20)21)8-13(11-6-4-3-5-7-11)22-17(16)25(2)24-10/h3-8,14-15H,9H2,1-2H3,(H,23,26)(H,27,28). The van der Waals surface area contributed by atoms with Gasteiger partial charge in [0.15, 0.2) is 5.65 Å². The highest BCUT2D eigenvalue weighted by Crippen LogP contribution is 2.27. The number of alkyl halides is 2. The topological polar surface area (TPSA) is 97.1 Å². The number of carbonyl (C=O) groups excluding carboxylic acids is 1. The van der Waals surface area contributed by atoms with Crippen LogP contribution in [0.4, 0.5) is 8.78 Å². The fourth-order valence-electron chi connectivity index (χ4n) is 3.02. The summed E-state index contributed by atoms with van der Waals surface area (Å²) >= 11 is 0. The number of aromatic nitrogens is 3. The van der Waals surface area contributed by atoms with E-state index in [1.807, 2.05) is 30.3 Å². The number of rotatable bonds is 6. The van der Waals surface area contributed by atoms with Crippen LogP contribution in [0.25, 0.3) is 22.3 Å². The molecule has 0 aliphatic rings. The maximum Gasteiger partial charge on any atom is 0.326 e. The molecule has 0 aliphatic carbocycles. The maximum atomic E-state index is 12.8. The number of fused-ring (bicyclic) bond motifs is 1. The van der Waals surface area contributed by atoms with Crippen molar-refractivity contribution in [2.45, 2.75) is 25.8 Å². The van der Waals surface area contributed by atoms with Crippen LogP contribution in [0, 0.1) is 6.92 Å². The molecule has 2 N–H and O–H groups in total. The van der Waals surface area contributed by atoms with Crippen molar-refractivity contribution in [2.75, 3.05) is 0 Å². The summed E-state index contributed by atoms with van der Waals surface area (Å²) in [4.78, 5) is 28.6. The highest BCUT2D eigenvalue weighted by Gasteiger charge is 2.27. The van der Waals surface area contributed by atoms with E-state index in [4.69, 9.17) is 5.11 Å².